The molecule has 18 heavy (non-hydrogen) atoms. The van der Waals surface area contributed by atoms with Gasteiger partial charge in [0.1, 0.15) is 5.69 Å². The van der Waals surface area contributed by atoms with Gasteiger partial charge in [-0.25, -0.2) is 0 Å². The summed E-state index contributed by atoms with van der Waals surface area (Å²) in [4.78, 5) is 9.86. The van der Waals surface area contributed by atoms with E-state index in [0.29, 0.717) is 10.5 Å². The first-order chi connectivity index (χ1) is 8.63. The van der Waals surface area contributed by atoms with Gasteiger partial charge >= 0.3 is 0 Å². The highest BCUT2D eigenvalue weighted by atomic mass is 32.1. The summed E-state index contributed by atoms with van der Waals surface area (Å²) in [5, 5.41) is 9.65. The molecule has 0 radical (unpaired) electrons. The molecule has 0 spiro atoms. The number of nitrogens with one attached hydrogen (secondary N) is 2. The van der Waals surface area contributed by atoms with E-state index in [0.717, 1.165) is 16.8 Å². The molecule has 3 rings (SSSR count). The Morgan fingerprint density at radius 1 is 1.33 bits per heavy atom. The van der Waals surface area contributed by atoms with Crippen LogP contribution < -0.4 is 0 Å². The largest absolute Gasteiger partial charge is 0.493 e. The van der Waals surface area contributed by atoms with E-state index in [4.69, 9.17) is 12.2 Å². The SMILES string of the molecule is Cc1ccc2c(c1)/C(=C\c1[nH]c(=S)[nH]c1O)C=N2. The fraction of sp³-hybridized carbons (Fsp3) is 0.0769. The van der Waals surface area contributed by atoms with E-state index in [1.54, 1.807) is 6.21 Å². The van der Waals surface area contributed by atoms with Crippen molar-refractivity contribution in [1.82, 2.24) is 9.97 Å². The van der Waals surface area contributed by atoms with Crippen LogP contribution in [-0.2, 0) is 0 Å². The predicted molar refractivity (Wildman–Crippen MR) is 74.8 cm³/mol. The van der Waals surface area contributed by atoms with E-state index >= 15 is 0 Å². The Morgan fingerprint density at radius 2 is 2.17 bits per heavy atom. The topological polar surface area (TPSA) is 64.2 Å². The van der Waals surface area contributed by atoms with Gasteiger partial charge in [0.25, 0.3) is 0 Å². The molecule has 0 atom stereocenters. The van der Waals surface area contributed by atoms with Crippen molar-refractivity contribution >= 4 is 35.8 Å². The fourth-order valence-electron chi connectivity index (χ4n) is 1.96. The molecule has 0 aliphatic carbocycles. The normalized spacial score (nSPS) is 15.3. The molecule has 5 heteroatoms. The minimum atomic E-state index is 0.0435. The number of benzene rings is 1. The van der Waals surface area contributed by atoms with Gasteiger partial charge in [-0.05, 0) is 37.4 Å². The molecule has 1 aromatic heterocycles. The van der Waals surface area contributed by atoms with Crippen LogP contribution in [-0.4, -0.2) is 21.3 Å². The number of aromatic nitrogens is 2. The summed E-state index contributed by atoms with van der Waals surface area (Å²) in [5.74, 6) is 0.0435. The van der Waals surface area contributed by atoms with Crippen LogP contribution in [0.3, 0.4) is 0 Å². The molecule has 0 amide bonds. The van der Waals surface area contributed by atoms with E-state index in [-0.39, 0.29) is 5.88 Å². The highest BCUT2D eigenvalue weighted by Gasteiger charge is 2.13. The molecule has 0 saturated heterocycles. The summed E-state index contributed by atoms with van der Waals surface area (Å²) < 4.78 is 0.402. The Labute approximate surface area is 109 Å². The second kappa shape index (κ2) is 3.96. The predicted octanol–water partition coefficient (Wildman–Crippen LogP) is 3.34. The average Bonchev–Trinajstić information content (AvgIpc) is 2.84. The molecule has 2 heterocycles. The van der Waals surface area contributed by atoms with Gasteiger partial charge in [0.15, 0.2) is 4.77 Å². The molecule has 90 valence electrons. The van der Waals surface area contributed by atoms with Crippen molar-refractivity contribution in [2.24, 2.45) is 4.99 Å². The van der Waals surface area contributed by atoms with Crippen molar-refractivity contribution in [1.29, 1.82) is 0 Å². The van der Waals surface area contributed by atoms with Crippen molar-refractivity contribution < 1.29 is 5.11 Å². The lowest BCUT2D eigenvalue weighted by Crippen LogP contribution is -1.83. The number of hydrogen-bond acceptors (Lipinski definition) is 3. The minimum absolute atomic E-state index is 0.0435. The number of aromatic amines is 2. The second-order valence-electron chi connectivity index (χ2n) is 4.22. The first-order valence-corrected chi connectivity index (χ1v) is 5.92. The number of fused-ring (bicyclic) bond motifs is 1. The second-order valence-corrected chi connectivity index (χ2v) is 4.63. The zero-order valence-electron chi connectivity index (χ0n) is 9.69. The number of imidazole rings is 1. The number of allylic oxidation sites excluding steroid dienone is 1. The van der Waals surface area contributed by atoms with Crippen molar-refractivity contribution in [2.75, 3.05) is 0 Å². The number of aromatic hydroxyl groups is 1. The molecule has 0 fully saturated rings. The monoisotopic (exact) mass is 257 g/mol. The third-order valence-corrected chi connectivity index (χ3v) is 3.04. The number of rotatable bonds is 1. The van der Waals surface area contributed by atoms with E-state index in [9.17, 15) is 5.11 Å². The standard InChI is InChI=1S/C13H11N3OS/c1-7-2-3-10-9(4-7)8(6-14-10)5-11-12(17)16-13(18)15-11/h2-6,17H,1H3,(H2,15,16,18)/b8-5-. The van der Waals surface area contributed by atoms with Crippen LogP contribution in [0.15, 0.2) is 23.2 Å². The van der Waals surface area contributed by atoms with Crippen molar-refractivity contribution in [3.05, 3.63) is 39.8 Å². The van der Waals surface area contributed by atoms with Gasteiger partial charge in [-0.1, -0.05) is 11.6 Å². The molecule has 0 bridgehead atoms. The molecule has 1 aromatic carbocycles. The van der Waals surface area contributed by atoms with Crippen molar-refractivity contribution in [3.8, 4) is 5.88 Å². The van der Waals surface area contributed by atoms with E-state index < -0.39 is 0 Å². The van der Waals surface area contributed by atoms with Gasteiger partial charge in [0.2, 0.25) is 5.88 Å². The van der Waals surface area contributed by atoms with Gasteiger partial charge < -0.3 is 15.1 Å². The van der Waals surface area contributed by atoms with Gasteiger partial charge in [0, 0.05) is 17.4 Å². The summed E-state index contributed by atoms with van der Waals surface area (Å²) in [6, 6.07) is 6.09. The zero-order chi connectivity index (χ0) is 12.7. The number of aliphatic imine (C=N–C) groups is 1. The Hall–Kier alpha value is -2.14. The third kappa shape index (κ3) is 1.78. The number of aryl methyl sites for hydroxylation is 1. The lowest BCUT2D eigenvalue weighted by atomic mass is 10.0. The third-order valence-electron chi connectivity index (χ3n) is 2.84. The number of H-pyrrole nitrogens is 2. The summed E-state index contributed by atoms with van der Waals surface area (Å²) in [7, 11) is 0. The number of hydrogen-bond donors (Lipinski definition) is 3. The van der Waals surface area contributed by atoms with Gasteiger partial charge in [0.05, 0.1) is 5.69 Å². The van der Waals surface area contributed by atoms with Crippen molar-refractivity contribution in [3.63, 3.8) is 0 Å². The van der Waals surface area contributed by atoms with Crippen LogP contribution in [0.25, 0.3) is 11.6 Å². The Morgan fingerprint density at radius 3 is 2.89 bits per heavy atom. The van der Waals surface area contributed by atoms with E-state index in [2.05, 4.69) is 21.0 Å². The minimum Gasteiger partial charge on any atom is -0.493 e. The van der Waals surface area contributed by atoms with Crippen LogP contribution in [0, 0.1) is 11.7 Å². The lowest BCUT2D eigenvalue weighted by molar-refractivity contribution is 0.455. The smallest absolute Gasteiger partial charge is 0.215 e. The summed E-state index contributed by atoms with van der Waals surface area (Å²) in [6.45, 7) is 2.04. The molecule has 1 aliphatic rings. The summed E-state index contributed by atoms with van der Waals surface area (Å²) in [6.07, 6.45) is 3.61. The quantitative estimate of drug-likeness (QED) is 0.686. The van der Waals surface area contributed by atoms with E-state index in [1.165, 1.54) is 5.56 Å². The lowest BCUT2D eigenvalue weighted by Gasteiger charge is -2.00. The van der Waals surface area contributed by atoms with Crippen LogP contribution in [0.5, 0.6) is 5.88 Å². The molecule has 1 aliphatic heterocycles. The Balaban J connectivity index is 2.11. The Bertz CT molecular complexity index is 737. The molecule has 0 saturated carbocycles. The first-order valence-electron chi connectivity index (χ1n) is 5.51. The summed E-state index contributed by atoms with van der Waals surface area (Å²) >= 11 is 4.93. The van der Waals surface area contributed by atoms with Crippen molar-refractivity contribution in [2.45, 2.75) is 6.92 Å². The molecular weight excluding hydrogens is 246 g/mol. The maximum absolute atomic E-state index is 9.65. The maximum atomic E-state index is 9.65. The van der Waals surface area contributed by atoms with Gasteiger partial charge in [-0.3, -0.25) is 4.99 Å². The highest BCUT2D eigenvalue weighted by Crippen LogP contribution is 2.33. The molecule has 2 aromatic rings. The maximum Gasteiger partial charge on any atom is 0.215 e. The van der Waals surface area contributed by atoms with Gasteiger partial charge in [-0.2, -0.15) is 0 Å². The van der Waals surface area contributed by atoms with Crippen LogP contribution in [0.1, 0.15) is 16.8 Å². The van der Waals surface area contributed by atoms with Crippen LogP contribution in [0.2, 0.25) is 0 Å². The van der Waals surface area contributed by atoms with Crippen LogP contribution >= 0.6 is 12.2 Å². The molecule has 3 N–H and O–H groups in total. The first kappa shape index (κ1) is 11.0. The molecule has 0 unspecified atom stereocenters. The van der Waals surface area contributed by atoms with Gasteiger partial charge in [-0.15, -0.1) is 0 Å². The molecular formula is C13H11N3OS. The van der Waals surface area contributed by atoms with Crippen LogP contribution in [0.4, 0.5) is 5.69 Å². The highest BCUT2D eigenvalue weighted by molar-refractivity contribution is 7.71. The fourth-order valence-corrected chi connectivity index (χ4v) is 2.17. The Kier molecular flexibility index (Phi) is 2.41. The average molecular weight is 257 g/mol. The number of nitrogens with zero attached hydrogens (tertiary/aromatic N) is 1. The zero-order valence-corrected chi connectivity index (χ0v) is 10.5. The van der Waals surface area contributed by atoms with E-state index in [1.807, 2.05) is 25.1 Å². The summed E-state index contributed by atoms with van der Waals surface area (Å²) in [5.41, 5.74) is 4.71. The molecule has 4 nitrogen and oxygen atoms in total.